The van der Waals surface area contributed by atoms with Crippen LogP contribution in [0.2, 0.25) is 0 Å². The molecule has 0 spiro atoms. The maximum absolute atomic E-state index is 13.6. The summed E-state index contributed by atoms with van der Waals surface area (Å²) in [4.78, 5) is 13.0. The maximum atomic E-state index is 13.6. The van der Waals surface area contributed by atoms with E-state index in [9.17, 15) is 9.18 Å². The Labute approximate surface area is 170 Å². The van der Waals surface area contributed by atoms with Crippen molar-refractivity contribution < 1.29 is 9.13 Å². The fourth-order valence-corrected chi connectivity index (χ4v) is 3.58. The van der Waals surface area contributed by atoms with Gasteiger partial charge in [-0.25, -0.2) is 8.91 Å². The summed E-state index contributed by atoms with van der Waals surface area (Å²) in [6, 6.07) is 15.1. The van der Waals surface area contributed by atoms with Crippen molar-refractivity contribution in [1.29, 1.82) is 0 Å². The lowest BCUT2D eigenvalue weighted by Crippen LogP contribution is -2.20. The van der Waals surface area contributed by atoms with Gasteiger partial charge in [0.25, 0.3) is 5.56 Å². The first kappa shape index (κ1) is 18.0. The normalized spacial score (nSPS) is 11.3. The monoisotopic (exact) mass is 401 g/mol. The zero-order valence-corrected chi connectivity index (χ0v) is 16.2. The van der Waals surface area contributed by atoms with E-state index in [1.54, 1.807) is 36.0 Å². The highest BCUT2D eigenvalue weighted by atomic mass is 19.1. The van der Waals surface area contributed by atoms with Gasteiger partial charge >= 0.3 is 0 Å². The van der Waals surface area contributed by atoms with E-state index in [4.69, 9.17) is 4.74 Å². The van der Waals surface area contributed by atoms with Crippen LogP contribution in [0, 0.1) is 12.7 Å². The maximum Gasteiger partial charge on any atom is 0.285 e. The van der Waals surface area contributed by atoms with Crippen molar-refractivity contribution in [3.8, 4) is 22.6 Å². The minimum absolute atomic E-state index is 0.151. The number of fused-ring (bicyclic) bond motifs is 3. The molecule has 0 atom stereocenters. The number of pyridine rings is 1. The summed E-state index contributed by atoms with van der Waals surface area (Å²) >= 11 is 0. The Hall–Kier alpha value is -4.07. The highest BCUT2D eigenvalue weighted by molar-refractivity contribution is 5.84. The fraction of sp³-hybridized carbons (Fsp3) is 0.0909. The number of aryl methyl sites for hydroxylation is 1. The summed E-state index contributed by atoms with van der Waals surface area (Å²) in [5.74, 6) is 0.329. The number of hydrogen-bond donors (Lipinski definition) is 0. The first-order valence-electron chi connectivity index (χ1n) is 9.24. The van der Waals surface area contributed by atoms with Crippen LogP contribution in [-0.4, -0.2) is 31.5 Å². The van der Waals surface area contributed by atoms with Crippen LogP contribution in [0.15, 0.2) is 65.6 Å². The average molecular weight is 401 g/mol. The van der Waals surface area contributed by atoms with Gasteiger partial charge in [-0.15, -0.1) is 10.2 Å². The van der Waals surface area contributed by atoms with Gasteiger partial charge in [0, 0.05) is 6.20 Å². The number of hydrogen-bond acceptors (Lipinski definition) is 5. The molecular weight excluding hydrogens is 385 g/mol. The first-order chi connectivity index (χ1) is 14.6. The van der Waals surface area contributed by atoms with Crippen LogP contribution in [0.4, 0.5) is 4.39 Å². The highest BCUT2D eigenvalue weighted by Gasteiger charge is 2.18. The zero-order chi connectivity index (χ0) is 20.8. The van der Waals surface area contributed by atoms with E-state index in [1.807, 2.05) is 31.2 Å². The quantitative estimate of drug-likeness (QED) is 0.462. The Morgan fingerprint density at radius 3 is 2.57 bits per heavy atom. The third-order valence-corrected chi connectivity index (χ3v) is 5.02. The van der Waals surface area contributed by atoms with E-state index in [0.717, 1.165) is 22.6 Å². The Morgan fingerprint density at radius 1 is 1.03 bits per heavy atom. The molecule has 3 aromatic heterocycles. The van der Waals surface area contributed by atoms with Crippen molar-refractivity contribution in [1.82, 2.24) is 24.4 Å². The van der Waals surface area contributed by atoms with Gasteiger partial charge in [-0.05, 0) is 48.9 Å². The molecule has 0 fully saturated rings. The molecule has 0 unspecified atom stereocenters. The molecule has 0 bridgehead atoms. The zero-order valence-electron chi connectivity index (χ0n) is 16.2. The number of aromatic nitrogens is 5. The van der Waals surface area contributed by atoms with E-state index in [0.29, 0.717) is 16.9 Å². The molecule has 0 saturated carbocycles. The summed E-state index contributed by atoms with van der Waals surface area (Å²) in [5, 5.41) is 13.1. The molecule has 0 aliphatic carbocycles. The molecule has 0 aliphatic rings. The summed E-state index contributed by atoms with van der Waals surface area (Å²) in [6.07, 6.45) is 1.59. The second-order valence-corrected chi connectivity index (χ2v) is 6.83. The number of nitrogens with zero attached hydrogens (tertiary/aromatic N) is 5. The number of benzene rings is 2. The largest absolute Gasteiger partial charge is 0.497 e. The number of halogens is 1. The standard InChI is InChI=1S/C22H16FN5O2/c1-13-19(14-6-8-17(30-2)9-7-14)21-25-24-20-18(28(21)26-13)10-11-27(22(20)29)16-5-3-4-15(23)12-16/h3-12H,1-2H3. The van der Waals surface area contributed by atoms with Gasteiger partial charge in [0.2, 0.25) is 0 Å². The van der Waals surface area contributed by atoms with Gasteiger partial charge in [-0.2, -0.15) is 5.10 Å². The lowest BCUT2D eigenvalue weighted by molar-refractivity contribution is 0.415. The second-order valence-electron chi connectivity index (χ2n) is 6.83. The van der Waals surface area contributed by atoms with Crippen LogP contribution in [0.3, 0.4) is 0 Å². The summed E-state index contributed by atoms with van der Waals surface area (Å²) < 4.78 is 21.8. The van der Waals surface area contributed by atoms with Crippen LogP contribution < -0.4 is 10.3 Å². The summed E-state index contributed by atoms with van der Waals surface area (Å²) in [7, 11) is 1.61. The van der Waals surface area contributed by atoms with Crippen molar-refractivity contribution in [2.24, 2.45) is 0 Å². The first-order valence-corrected chi connectivity index (χ1v) is 9.24. The van der Waals surface area contributed by atoms with Gasteiger partial charge < -0.3 is 4.74 Å². The fourth-order valence-electron chi connectivity index (χ4n) is 3.58. The van der Waals surface area contributed by atoms with Gasteiger partial charge in [0.1, 0.15) is 17.1 Å². The van der Waals surface area contributed by atoms with Gasteiger partial charge in [0.05, 0.1) is 24.1 Å². The molecule has 3 heterocycles. The SMILES string of the molecule is COc1ccc(-c2c(C)nn3c2nnc2c(=O)n(-c4cccc(F)c4)ccc23)cc1. The second kappa shape index (κ2) is 6.77. The van der Waals surface area contributed by atoms with Crippen LogP contribution in [-0.2, 0) is 0 Å². The van der Waals surface area contributed by atoms with Crippen molar-refractivity contribution in [2.45, 2.75) is 6.92 Å². The Morgan fingerprint density at radius 2 is 1.83 bits per heavy atom. The molecule has 8 heteroatoms. The lowest BCUT2D eigenvalue weighted by atomic mass is 10.1. The molecule has 0 N–H and O–H groups in total. The Balaban J connectivity index is 1.73. The van der Waals surface area contributed by atoms with E-state index >= 15 is 0 Å². The number of ether oxygens (including phenoxy) is 1. The molecule has 148 valence electrons. The number of methoxy groups -OCH3 is 1. The van der Waals surface area contributed by atoms with Gasteiger partial charge in [-0.1, -0.05) is 18.2 Å². The number of rotatable bonds is 3. The van der Waals surface area contributed by atoms with Crippen LogP contribution >= 0.6 is 0 Å². The molecule has 5 aromatic rings. The van der Waals surface area contributed by atoms with Crippen molar-refractivity contribution in [3.05, 3.63) is 82.7 Å². The van der Waals surface area contributed by atoms with E-state index < -0.39 is 11.4 Å². The summed E-state index contributed by atoms with van der Waals surface area (Å²) in [6.45, 7) is 1.88. The predicted molar refractivity (Wildman–Crippen MR) is 111 cm³/mol. The minimum atomic E-state index is -0.423. The van der Waals surface area contributed by atoms with E-state index in [2.05, 4.69) is 15.3 Å². The molecule has 0 aliphatic heterocycles. The Kier molecular flexibility index (Phi) is 4.06. The van der Waals surface area contributed by atoms with Crippen LogP contribution in [0.5, 0.6) is 5.75 Å². The van der Waals surface area contributed by atoms with Crippen molar-refractivity contribution in [3.63, 3.8) is 0 Å². The molecule has 0 saturated heterocycles. The molecule has 5 rings (SSSR count). The average Bonchev–Trinajstić information content (AvgIpc) is 3.10. The van der Waals surface area contributed by atoms with Crippen molar-refractivity contribution in [2.75, 3.05) is 7.11 Å². The molecule has 30 heavy (non-hydrogen) atoms. The molecular formula is C22H16FN5O2. The molecule has 0 amide bonds. The predicted octanol–water partition coefficient (Wildman–Crippen LogP) is 3.55. The smallest absolute Gasteiger partial charge is 0.285 e. The van der Waals surface area contributed by atoms with Crippen LogP contribution in [0.1, 0.15) is 5.69 Å². The summed E-state index contributed by atoms with van der Waals surface area (Å²) in [5.41, 5.74) is 3.76. The van der Waals surface area contributed by atoms with Gasteiger partial charge in [-0.3, -0.25) is 9.36 Å². The van der Waals surface area contributed by atoms with Gasteiger partial charge in [0.15, 0.2) is 11.2 Å². The van der Waals surface area contributed by atoms with E-state index in [1.165, 1.54) is 16.7 Å². The van der Waals surface area contributed by atoms with Crippen molar-refractivity contribution >= 4 is 16.7 Å². The van der Waals surface area contributed by atoms with E-state index in [-0.39, 0.29) is 5.52 Å². The van der Waals surface area contributed by atoms with Crippen LogP contribution in [0.25, 0.3) is 33.5 Å². The minimum Gasteiger partial charge on any atom is -0.497 e. The third-order valence-electron chi connectivity index (χ3n) is 5.02. The molecule has 7 nitrogen and oxygen atoms in total. The Bertz CT molecular complexity index is 1470. The third kappa shape index (κ3) is 2.73. The molecule has 0 radical (unpaired) electrons. The lowest BCUT2D eigenvalue weighted by Gasteiger charge is -2.07. The molecule has 2 aromatic carbocycles. The topological polar surface area (TPSA) is 74.3 Å². The highest BCUT2D eigenvalue weighted by Crippen LogP contribution is 2.29.